The third-order valence-electron chi connectivity index (χ3n) is 3.69. The molecule has 0 nitrogen and oxygen atoms in total. The molecule has 86 valence electrons. The Morgan fingerprint density at radius 3 is 2.35 bits per heavy atom. The van der Waals surface area contributed by atoms with Crippen LogP contribution >= 0.6 is 0 Å². The zero-order chi connectivity index (χ0) is 11.7. The van der Waals surface area contributed by atoms with Gasteiger partial charge in [0.2, 0.25) is 0 Å². The minimum atomic E-state index is 1.23. The fourth-order valence-corrected chi connectivity index (χ4v) is 2.79. The first-order valence-corrected chi connectivity index (χ1v) is 6.63. The molecule has 0 saturated carbocycles. The maximum Gasteiger partial charge on any atom is -0.00669 e. The molecule has 2 aromatic carbocycles. The summed E-state index contributed by atoms with van der Waals surface area (Å²) in [5, 5.41) is 0. The molecular formula is C17H18. The summed E-state index contributed by atoms with van der Waals surface area (Å²) < 4.78 is 0. The molecule has 0 aliphatic heterocycles. The topological polar surface area (TPSA) is 0 Å². The van der Waals surface area contributed by atoms with Gasteiger partial charge < -0.3 is 0 Å². The molecule has 0 spiro atoms. The maximum absolute atomic E-state index is 2.30. The summed E-state index contributed by atoms with van der Waals surface area (Å²) in [7, 11) is 0. The summed E-state index contributed by atoms with van der Waals surface area (Å²) in [6.07, 6.45) is 5.18. The van der Waals surface area contributed by atoms with Gasteiger partial charge in [-0.15, -0.1) is 0 Å². The van der Waals surface area contributed by atoms with E-state index in [-0.39, 0.29) is 0 Å². The van der Waals surface area contributed by atoms with Crippen molar-refractivity contribution in [3.63, 3.8) is 0 Å². The average molecular weight is 222 g/mol. The van der Waals surface area contributed by atoms with Crippen molar-refractivity contribution in [2.45, 2.75) is 32.6 Å². The number of fused-ring (bicyclic) bond motifs is 4. The van der Waals surface area contributed by atoms with E-state index in [9.17, 15) is 0 Å². The monoisotopic (exact) mass is 222 g/mol. The van der Waals surface area contributed by atoms with E-state index in [1.54, 1.807) is 0 Å². The Bertz CT molecular complexity index is 537. The van der Waals surface area contributed by atoms with Crippen molar-refractivity contribution in [2.24, 2.45) is 0 Å². The fourth-order valence-electron chi connectivity index (χ4n) is 2.79. The third kappa shape index (κ3) is 1.68. The first-order chi connectivity index (χ1) is 8.42. The Hall–Kier alpha value is -1.56. The molecule has 2 aromatic rings. The molecule has 0 fully saturated rings. The van der Waals surface area contributed by atoms with Gasteiger partial charge in [0, 0.05) is 0 Å². The first-order valence-electron chi connectivity index (χ1n) is 6.63. The molecule has 17 heavy (non-hydrogen) atoms. The van der Waals surface area contributed by atoms with E-state index in [1.165, 1.54) is 53.5 Å². The molecule has 0 heterocycles. The van der Waals surface area contributed by atoms with Gasteiger partial charge in [0.15, 0.2) is 0 Å². The van der Waals surface area contributed by atoms with E-state index in [2.05, 4.69) is 49.4 Å². The van der Waals surface area contributed by atoms with E-state index in [0.29, 0.717) is 0 Å². The molecule has 0 N–H and O–H groups in total. The second-order valence-corrected chi connectivity index (χ2v) is 4.84. The minimum Gasteiger partial charge on any atom is -0.0654 e. The summed E-state index contributed by atoms with van der Waals surface area (Å²) in [5.74, 6) is 0. The van der Waals surface area contributed by atoms with Crippen LogP contribution in [-0.4, -0.2) is 0 Å². The van der Waals surface area contributed by atoms with Crippen molar-refractivity contribution in [3.05, 3.63) is 48.0 Å². The molecule has 0 radical (unpaired) electrons. The molecule has 0 bridgehead atoms. The van der Waals surface area contributed by atoms with Crippen molar-refractivity contribution < 1.29 is 0 Å². The van der Waals surface area contributed by atoms with Crippen molar-refractivity contribution in [1.82, 2.24) is 0 Å². The Labute approximate surface area is 103 Å². The number of hydrogen-bond acceptors (Lipinski definition) is 0. The number of aryl methyl sites for hydroxylation is 1. The molecular weight excluding hydrogens is 204 g/mol. The van der Waals surface area contributed by atoms with Crippen LogP contribution in [0.2, 0.25) is 0 Å². The van der Waals surface area contributed by atoms with Crippen LogP contribution in [-0.2, 0) is 6.42 Å². The summed E-state index contributed by atoms with van der Waals surface area (Å²) >= 11 is 0. The van der Waals surface area contributed by atoms with Gasteiger partial charge in [-0.2, -0.15) is 0 Å². The van der Waals surface area contributed by atoms with Crippen LogP contribution in [0.4, 0.5) is 0 Å². The summed E-state index contributed by atoms with van der Waals surface area (Å²) in [5.41, 5.74) is 7.39. The molecule has 1 aliphatic carbocycles. The highest BCUT2D eigenvalue weighted by Crippen LogP contribution is 2.48. The predicted octanol–water partition coefficient (Wildman–Crippen LogP) is 5.07. The normalized spacial score (nSPS) is 11.6. The molecule has 0 amide bonds. The van der Waals surface area contributed by atoms with Gasteiger partial charge in [-0.1, -0.05) is 62.2 Å². The number of hydrogen-bond donors (Lipinski definition) is 0. The molecule has 0 heteroatoms. The Morgan fingerprint density at radius 1 is 0.765 bits per heavy atom. The second-order valence-electron chi connectivity index (χ2n) is 4.84. The van der Waals surface area contributed by atoms with Crippen LogP contribution in [0.15, 0.2) is 42.5 Å². The second kappa shape index (κ2) is 4.37. The summed E-state index contributed by atoms with van der Waals surface area (Å²) in [6.45, 7) is 2.26. The lowest BCUT2D eigenvalue weighted by molar-refractivity contribution is 0.718. The van der Waals surface area contributed by atoms with Gasteiger partial charge >= 0.3 is 0 Å². The summed E-state index contributed by atoms with van der Waals surface area (Å²) in [6, 6.07) is 15.5. The van der Waals surface area contributed by atoms with Crippen LogP contribution in [0.3, 0.4) is 0 Å². The fraction of sp³-hybridized carbons (Fsp3) is 0.294. The standard InChI is InChI=1S/C17H18/c1-2-3-4-8-13-9-7-12-16-14-10-5-6-11-15(14)17(13)16/h5-7,9-12H,2-4,8H2,1H3. The smallest absolute Gasteiger partial charge is 0.00669 e. The van der Waals surface area contributed by atoms with Crippen LogP contribution in [0.5, 0.6) is 0 Å². The Balaban J connectivity index is 1.92. The maximum atomic E-state index is 2.30. The van der Waals surface area contributed by atoms with Crippen molar-refractivity contribution >= 4 is 0 Å². The van der Waals surface area contributed by atoms with Gasteiger partial charge in [0.25, 0.3) is 0 Å². The van der Waals surface area contributed by atoms with Crippen LogP contribution in [0.1, 0.15) is 31.7 Å². The average Bonchev–Trinajstić information content (AvgIpc) is 2.36. The molecule has 1 aliphatic rings. The van der Waals surface area contributed by atoms with E-state index >= 15 is 0 Å². The molecule has 3 rings (SSSR count). The summed E-state index contributed by atoms with van der Waals surface area (Å²) in [4.78, 5) is 0. The van der Waals surface area contributed by atoms with E-state index in [1.807, 2.05) is 0 Å². The number of unbranched alkanes of at least 4 members (excludes halogenated alkanes) is 2. The van der Waals surface area contributed by atoms with Gasteiger partial charge in [-0.25, -0.2) is 0 Å². The molecule has 0 saturated heterocycles. The predicted molar refractivity (Wildman–Crippen MR) is 74.1 cm³/mol. The highest BCUT2D eigenvalue weighted by molar-refractivity contribution is 6.03. The quantitative estimate of drug-likeness (QED) is 0.541. The number of rotatable bonds is 4. The van der Waals surface area contributed by atoms with Crippen molar-refractivity contribution in [2.75, 3.05) is 0 Å². The van der Waals surface area contributed by atoms with E-state index in [0.717, 1.165) is 0 Å². The highest BCUT2D eigenvalue weighted by atomic mass is 14.3. The molecule has 0 aromatic heterocycles. The van der Waals surface area contributed by atoms with Crippen molar-refractivity contribution in [3.8, 4) is 22.3 Å². The largest absolute Gasteiger partial charge is 0.0654 e. The minimum absolute atomic E-state index is 1.23. The first kappa shape index (κ1) is 10.6. The van der Waals surface area contributed by atoms with Gasteiger partial charge in [0.05, 0.1) is 0 Å². The zero-order valence-electron chi connectivity index (χ0n) is 10.4. The van der Waals surface area contributed by atoms with Crippen molar-refractivity contribution in [1.29, 1.82) is 0 Å². The van der Waals surface area contributed by atoms with Gasteiger partial charge in [-0.3, -0.25) is 0 Å². The zero-order valence-corrected chi connectivity index (χ0v) is 10.4. The third-order valence-corrected chi connectivity index (χ3v) is 3.69. The lowest BCUT2D eigenvalue weighted by Gasteiger charge is -2.26. The van der Waals surface area contributed by atoms with E-state index in [4.69, 9.17) is 0 Å². The Morgan fingerprint density at radius 2 is 1.53 bits per heavy atom. The number of benzene rings is 2. The lowest BCUT2D eigenvalue weighted by Crippen LogP contribution is -2.02. The van der Waals surface area contributed by atoms with E-state index < -0.39 is 0 Å². The molecule has 0 unspecified atom stereocenters. The molecule has 0 atom stereocenters. The van der Waals surface area contributed by atoms with Crippen LogP contribution in [0.25, 0.3) is 22.3 Å². The van der Waals surface area contributed by atoms with Crippen LogP contribution in [0, 0.1) is 0 Å². The van der Waals surface area contributed by atoms with Gasteiger partial charge in [0.1, 0.15) is 0 Å². The van der Waals surface area contributed by atoms with Crippen LogP contribution < -0.4 is 0 Å². The Kier molecular flexibility index (Phi) is 2.72. The highest BCUT2D eigenvalue weighted by Gasteiger charge is 2.23. The SMILES string of the molecule is CCCCCc1cccc2c1-c1ccccc1-2. The van der Waals surface area contributed by atoms with Gasteiger partial charge in [-0.05, 0) is 40.7 Å². The lowest BCUT2D eigenvalue weighted by atomic mass is 9.77.